The Hall–Kier alpha value is -3.52. The molecular weight excluding hydrogens is 401 g/mol. The standard InChI is InChI=1S/C15H16N2O4.C8H10FN/c1-4-21-15(20)17(3)13-9(2)11(8-18)14(19)12-10(13)6-5-7-16-12;1-10-6-7-2-4-8(9)5-3-7/h5-8,19H,4H2,1-3H3;2-5,10H,6H2,1H3. The van der Waals surface area contributed by atoms with Gasteiger partial charge in [-0.15, -0.1) is 0 Å². The summed E-state index contributed by atoms with van der Waals surface area (Å²) < 4.78 is 17.3. The van der Waals surface area contributed by atoms with Gasteiger partial charge in [-0.1, -0.05) is 12.1 Å². The maximum atomic E-state index is 12.3. The van der Waals surface area contributed by atoms with Gasteiger partial charge in [0.2, 0.25) is 0 Å². The van der Waals surface area contributed by atoms with E-state index in [4.69, 9.17) is 4.74 Å². The van der Waals surface area contributed by atoms with Crippen LogP contribution in [-0.2, 0) is 11.3 Å². The van der Waals surface area contributed by atoms with Crippen molar-refractivity contribution >= 4 is 29.0 Å². The molecule has 0 fully saturated rings. The first-order valence-electron chi connectivity index (χ1n) is 9.70. The number of fused-ring (bicyclic) bond motifs is 1. The minimum Gasteiger partial charge on any atom is -0.505 e. The summed E-state index contributed by atoms with van der Waals surface area (Å²) in [4.78, 5) is 28.6. The third kappa shape index (κ3) is 5.55. The third-order valence-corrected chi connectivity index (χ3v) is 4.59. The summed E-state index contributed by atoms with van der Waals surface area (Å²) in [5, 5.41) is 13.7. The number of nitrogens with one attached hydrogen (secondary N) is 1. The van der Waals surface area contributed by atoms with Crippen molar-refractivity contribution in [3.8, 4) is 5.75 Å². The highest BCUT2D eigenvalue weighted by Gasteiger charge is 2.22. The summed E-state index contributed by atoms with van der Waals surface area (Å²) in [6, 6.07) is 9.90. The van der Waals surface area contributed by atoms with Gasteiger partial charge in [-0.3, -0.25) is 14.7 Å². The molecule has 0 atom stereocenters. The molecule has 1 amide bonds. The van der Waals surface area contributed by atoms with E-state index in [2.05, 4.69) is 10.3 Å². The van der Waals surface area contributed by atoms with Crippen LogP contribution in [0.4, 0.5) is 14.9 Å². The van der Waals surface area contributed by atoms with Gasteiger partial charge in [0.25, 0.3) is 0 Å². The fraction of sp³-hybridized carbons (Fsp3) is 0.261. The van der Waals surface area contributed by atoms with Crippen molar-refractivity contribution in [2.75, 3.05) is 25.6 Å². The van der Waals surface area contributed by atoms with Crippen LogP contribution in [0.2, 0.25) is 0 Å². The third-order valence-electron chi connectivity index (χ3n) is 4.59. The summed E-state index contributed by atoms with van der Waals surface area (Å²) in [5.41, 5.74) is 2.49. The second-order valence-corrected chi connectivity index (χ2v) is 6.67. The molecule has 0 bridgehead atoms. The van der Waals surface area contributed by atoms with E-state index in [1.54, 1.807) is 45.2 Å². The summed E-state index contributed by atoms with van der Waals surface area (Å²) >= 11 is 0. The molecule has 8 heteroatoms. The molecule has 0 unspecified atom stereocenters. The van der Waals surface area contributed by atoms with E-state index in [9.17, 15) is 19.1 Å². The van der Waals surface area contributed by atoms with Gasteiger partial charge < -0.3 is 15.2 Å². The molecule has 3 rings (SSSR count). The molecule has 164 valence electrons. The normalized spacial score (nSPS) is 10.2. The number of carbonyl (C=O) groups is 2. The number of phenols is 1. The van der Waals surface area contributed by atoms with Gasteiger partial charge in [0.1, 0.15) is 11.3 Å². The molecule has 0 aliphatic rings. The van der Waals surface area contributed by atoms with E-state index in [1.807, 2.05) is 7.05 Å². The van der Waals surface area contributed by atoms with Crippen LogP contribution < -0.4 is 10.2 Å². The van der Waals surface area contributed by atoms with Gasteiger partial charge in [-0.25, -0.2) is 9.18 Å². The molecule has 1 aromatic heterocycles. The van der Waals surface area contributed by atoms with Crippen molar-refractivity contribution in [2.24, 2.45) is 0 Å². The van der Waals surface area contributed by atoms with Gasteiger partial charge in [0, 0.05) is 25.2 Å². The average molecular weight is 427 g/mol. The topological polar surface area (TPSA) is 91.8 Å². The molecular formula is C23H26FN3O4. The van der Waals surface area contributed by atoms with E-state index < -0.39 is 6.09 Å². The second-order valence-electron chi connectivity index (χ2n) is 6.67. The Balaban J connectivity index is 0.000000285. The fourth-order valence-corrected chi connectivity index (χ4v) is 3.11. The number of rotatable bonds is 5. The first-order valence-corrected chi connectivity index (χ1v) is 9.70. The highest BCUT2D eigenvalue weighted by molar-refractivity contribution is 6.07. The lowest BCUT2D eigenvalue weighted by molar-refractivity contribution is 0.112. The Kier molecular flexibility index (Phi) is 8.45. The van der Waals surface area contributed by atoms with Crippen LogP contribution in [0.5, 0.6) is 5.75 Å². The van der Waals surface area contributed by atoms with Gasteiger partial charge in [0.05, 0.1) is 17.9 Å². The zero-order chi connectivity index (χ0) is 23.0. The number of ether oxygens (including phenoxy) is 1. The second kappa shape index (κ2) is 11.0. The highest BCUT2D eigenvalue weighted by Crippen LogP contribution is 2.38. The minimum absolute atomic E-state index is 0.118. The van der Waals surface area contributed by atoms with Crippen molar-refractivity contribution < 1.29 is 23.8 Å². The number of anilines is 1. The lowest BCUT2D eigenvalue weighted by atomic mass is 10.0. The monoisotopic (exact) mass is 427 g/mol. The number of benzene rings is 2. The Morgan fingerprint density at radius 3 is 2.55 bits per heavy atom. The molecule has 0 saturated heterocycles. The van der Waals surface area contributed by atoms with Crippen molar-refractivity contribution in [1.82, 2.24) is 10.3 Å². The van der Waals surface area contributed by atoms with Gasteiger partial charge in [0.15, 0.2) is 12.0 Å². The molecule has 0 saturated carbocycles. The van der Waals surface area contributed by atoms with Crippen LogP contribution in [0, 0.1) is 12.7 Å². The zero-order valence-electron chi connectivity index (χ0n) is 18.0. The number of aromatic nitrogens is 1. The molecule has 3 aromatic rings. The van der Waals surface area contributed by atoms with E-state index >= 15 is 0 Å². The van der Waals surface area contributed by atoms with Crippen molar-refractivity contribution in [2.45, 2.75) is 20.4 Å². The summed E-state index contributed by atoms with van der Waals surface area (Å²) in [6.45, 7) is 4.42. The van der Waals surface area contributed by atoms with Crippen molar-refractivity contribution in [3.05, 3.63) is 65.1 Å². The molecule has 0 spiro atoms. The van der Waals surface area contributed by atoms with Crippen molar-refractivity contribution in [1.29, 1.82) is 0 Å². The Labute approximate surface area is 180 Å². The van der Waals surface area contributed by atoms with E-state index in [0.717, 1.165) is 12.1 Å². The maximum absolute atomic E-state index is 12.3. The quantitative estimate of drug-likeness (QED) is 0.593. The first kappa shape index (κ1) is 23.8. The molecule has 0 radical (unpaired) electrons. The van der Waals surface area contributed by atoms with Crippen LogP contribution in [0.15, 0.2) is 42.6 Å². The van der Waals surface area contributed by atoms with Crippen LogP contribution >= 0.6 is 0 Å². The first-order chi connectivity index (χ1) is 14.8. The molecule has 1 heterocycles. The molecule has 2 aromatic carbocycles. The van der Waals surface area contributed by atoms with Gasteiger partial charge in [-0.05, 0) is 56.3 Å². The maximum Gasteiger partial charge on any atom is 0.414 e. The number of hydrogen-bond donors (Lipinski definition) is 2. The van der Waals surface area contributed by atoms with Crippen LogP contribution in [0.25, 0.3) is 10.9 Å². The molecule has 2 N–H and O–H groups in total. The van der Waals surface area contributed by atoms with E-state index in [0.29, 0.717) is 22.9 Å². The predicted molar refractivity (Wildman–Crippen MR) is 118 cm³/mol. The lowest BCUT2D eigenvalue weighted by Crippen LogP contribution is -2.28. The Morgan fingerprint density at radius 2 is 1.97 bits per heavy atom. The number of phenolic OH excluding ortho intramolecular Hbond substituents is 1. The summed E-state index contributed by atoms with van der Waals surface area (Å²) in [5.74, 6) is -0.362. The van der Waals surface area contributed by atoms with Gasteiger partial charge in [-0.2, -0.15) is 0 Å². The molecule has 0 aliphatic carbocycles. The van der Waals surface area contributed by atoms with Crippen molar-refractivity contribution in [3.63, 3.8) is 0 Å². The number of halogens is 1. The Morgan fingerprint density at radius 1 is 1.29 bits per heavy atom. The smallest absolute Gasteiger partial charge is 0.414 e. The number of aromatic hydroxyl groups is 1. The minimum atomic E-state index is -0.534. The number of hydrogen-bond acceptors (Lipinski definition) is 6. The number of nitrogens with zero attached hydrogens (tertiary/aromatic N) is 2. The zero-order valence-corrected chi connectivity index (χ0v) is 18.0. The predicted octanol–water partition coefficient (Wildman–Crippen LogP) is 4.20. The average Bonchev–Trinajstić information content (AvgIpc) is 2.76. The number of amides is 1. The molecule has 0 aliphatic heterocycles. The highest BCUT2D eigenvalue weighted by atomic mass is 19.1. The Bertz CT molecular complexity index is 1050. The van der Waals surface area contributed by atoms with Crippen LogP contribution in [-0.4, -0.2) is 43.2 Å². The van der Waals surface area contributed by atoms with Crippen LogP contribution in [0.3, 0.4) is 0 Å². The molecule has 7 nitrogen and oxygen atoms in total. The summed E-state index contributed by atoms with van der Waals surface area (Å²) in [6.07, 6.45) is 1.54. The lowest BCUT2D eigenvalue weighted by Gasteiger charge is -2.22. The number of aldehydes is 1. The van der Waals surface area contributed by atoms with Crippen LogP contribution in [0.1, 0.15) is 28.4 Å². The number of carbonyl (C=O) groups excluding carboxylic acids is 2. The van der Waals surface area contributed by atoms with E-state index in [1.165, 1.54) is 23.2 Å². The van der Waals surface area contributed by atoms with E-state index in [-0.39, 0.29) is 29.3 Å². The summed E-state index contributed by atoms with van der Waals surface area (Å²) in [7, 11) is 3.42. The largest absolute Gasteiger partial charge is 0.505 e. The molecule has 31 heavy (non-hydrogen) atoms. The SMILES string of the molecule is CCOC(=O)N(C)c1c(C)c(C=O)c(O)c2ncccc12.CNCc1ccc(F)cc1. The van der Waals surface area contributed by atoms with Gasteiger partial charge >= 0.3 is 6.09 Å². The number of pyridine rings is 1. The fourth-order valence-electron chi connectivity index (χ4n) is 3.11.